The molecule has 0 radical (unpaired) electrons. The average molecular weight is 362 g/mol. The number of rotatable bonds is 3. The highest BCUT2D eigenvalue weighted by molar-refractivity contribution is 9.10. The molecule has 5 heteroatoms. The molecule has 0 aliphatic heterocycles. The summed E-state index contributed by atoms with van der Waals surface area (Å²) in [4.78, 5) is 0. The smallest absolute Gasteiger partial charge is 0.141 e. The van der Waals surface area contributed by atoms with E-state index in [1.165, 1.54) is 25.3 Å². The molecule has 0 aromatic heterocycles. The molecule has 0 amide bonds. The van der Waals surface area contributed by atoms with Gasteiger partial charge < -0.3 is 4.74 Å². The predicted molar refractivity (Wildman–Crippen MR) is 79.5 cm³/mol. The van der Waals surface area contributed by atoms with Crippen LogP contribution in [-0.2, 0) is 0 Å². The van der Waals surface area contributed by atoms with Gasteiger partial charge in [0.2, 0.25) is 0 Å². The Morgan fingerprint density at radius 1 is 1.10 bits per heavy atom. The van der Waals surface area contributed by atoms with E-state index in [1.54, 1.807) is 12.1 Å². The fourth-order valence-corrected chi connectivity index (χ4v) is 2.64. The second-order valence-corrected chi connectivity index (χ2v) is 5.69. The van der Waals surface area contributed by atoms with Crippen LogP contribution in [0.5, 0.6) is 5.75 Å². The van der Waals surface area contributed by atoms with E-state index in [2.05, 4.69) is 15.9 Å². The highest BCUT2D eigenvalue weighted by Crippen LogP contribution is 2.38. The van der Waals surface area contributed by atoms with E-state index in [4.69, 9.17) is 16.3 Å². The van der Waals surface area contributed by atoms with Gasteiger partial charge in [-0.3, -0.25) is 0 Å². The van der Waals surface area contributed by atoms with E-state index in [0.717, 1.165) is 5.56 Å². The average Bonchev–Trinajstić information content (AvgIpc) is 2.43. The van der Waals surface area contributed by atoms with Gasteiger partial charge in [0.15, 0.2) is 0 Å². The van der Waals surface area contributed by atoms with Crippen LogP contribution in [0.1, 0.15) is 22.1 Å². The highest BCUT2D eigenvalue weighted by Gasteiger charge is 2.21. The summed E-state index contributed by atoms with van der Waals surface area (Å²) in [7, 11) is 1.42. The molecule has 20 heavy (non-hydrogen) atoms. The van der Waals surface area contributed by atoms with Gasteiger partial charge in [0.25, 0.3) is 0 Å². The van der Waals surface area contributed by atoms with E-state index < -0.39 is 17.0 Å². The van der Waals surface area contributed by atoms with Crippen LogP contribution in [0.2, 0.25) is 0 Å². The lowest BCUT2D eigenvalue weighted by Crippen LogP contribution is -2.01. The number of alkyl halides is 1. The molecule has 106 valence electrons. The summed E-state index contributed by atoms with van der Waals surface area (Å²) < 4.78 is 32.8. The Balaban J connectivity index is 2.55. The van der Waals surface area contributed by atoms with Gasteiger partial charge >= 0.3 is 0 Å². The van der Waals surface area contributed by atoms with E-state index in [-0.39, 0.29) is 10.2 Å². The molecular weight excluding hydrogens is 350 g/mol. The van der Waals surface area contributed by atoms with Crippen LogP contribution in [0.3, 0.4) is 0 Å². The number of aryl methyl sites for hydroxylation is 1. The fourth-order valence-electron chi connectivity index (χ4n) is 1.94. The van der Waals surface area contributed by atoms with Gasteiger partial charge in [-0.05, 0) is 35.0 Å². The molecule has 0 saturated heterocycles. The number of benzene rings is 2. The third-order valence-electron chi connectivity index (χ3n) is 2.97. The molecule has 0 aliphatic rings. The van der Waals surface area contributed by atoms with E-state index in [1.807, 2.05) is 6.92 Å². The lowest BCUT2D eigenvalue weighted by molar-refractivity contribution is 0.406. The van der Waals surface area contributed by atoms with Crippen molar-refractivity contribution in [3.63, 3.8) is 0 Å². The van der Waals surface area contributed by atoms with Crippen molar-refractivity contribution in [3.05, 3.63) is 63.1 Å². The zero-order valence-corrected chi connectivity index (χ0v) is 13.2. The summed E-state index contributed by atoms with van der Waals surface area (Å²) >= 11 is 9.45. The van der Waals surface area contributed by atoms with Gasteiger partial charge in [0, 0.05) is 17.2 Å². The van der Waals surface area contributed by atoms with Gasteiger partial charge in [0.1, 0.15) is 17.4 Å². The van der Waals surface area contributed by atoms with Crippen molar-refractivity contribution in [1.29, 1.82) is 0 Å². The molecule has 0 aliphatic carbocycles. The first-order valence-electron chi connectivity index (χ1n) is 5.87. The predicted octanol–water partition coefficient (Wildman–Crippen LogP) is 5.37. The molecular formula is C15H12BrClF2O. The van der Waals surface area contributed by atoms with Crippen molar-refractivity contribution in [2.24, 2.45) is 0 Å². The maximum Gasteiger partial charge on any atom is 0.141 e. The van der Waals surface area contributed by atoms with Crippen molar-refractivity contribution in [2.45, 2.75) is 12.3 Å². The van der Waals surface area contributed by atoms with Crippen LogP contribution in [0, 0.1) is 18.6 Å². The van der Waals surface area contributed by atoms with Crippen molar-refractivity contribution >= 4 is 27.5 Å². The van der Waals surface area contributed by atoms with Crippen LogP contribution >= 0.6 is 27.5 Å². The zero-order chi connectivity index (χ0) is 14.9. The second-order valence-electron chi connectivity index (χ2n) is 4.40. The number of methoxy groups -OCH3 is 1. The summed E-state index contributed by atoms with van der Waals surface area (Å²) in [5.74, 6) is -0.580. The lowest BCUT2D eigenvalue weighted by atomic mass is 10.0. The summed E-state index contributed by atoms with van der Waals surface area (Å²) in [6.45, 7) is 1.85. The van der Waals surface area contributed by atoms with Gasteiger partial charge in [-0.1, -0.05) is 17.7 Å². The highest BCUT2D eigenvalue weighted by atomic mass is 79.9. The number of hydrogen-bond acceptors (Lipinski definition) is 1. The van der Waals surface area contributed by atoms with Crippen LogP contribution in [0.15, 0.2) is 34.8 Å². The maximum absolute atomic E-state index is 13.9. The van der Waals surface area contributed by atoms with E-state index in [9.17, 15) is 8.78 Å². The summed E-state index contributed by atoms with van der Waals surface area (Å²) in [6, 6.07) is 7.44. The third-order valence-corrected chi connectivity index (χ3v) is 4.05. The number of halogens is 4. The van der Waals surface area contributed by atoms with Gasteiger partial charge in [-0.25, -0.2) is 8.78 Å². The molecule has 0 N–H and O–H groups in total. The molecule has 1 atom stereocenters. The summed E-state index contributed by atoms with van der Waals surface area (Å²) in [5.41, 5.74) is 1.74. The largest absolute Gasteiger partial charge is 0.496 e. The molecule has 1 unspecified atom stereocenters. The maximum atomic E-state index is 13.9. The molecule has 0 saturated carbocycles. The van der Waals surface area contributed by atoms with Crippen LogP contribution in [0.25, 0.3) is 0 Å². The SMILES string of the molecule is COc1cc(F)c(Br)cc1C(Cl)c1cc(C)ccc1F. The van der Waals surface area contributed by atoms with E-state index in [0.29, 0.717) is 11.1 Å². The quantitative estimate of drug-likeness (QED) is 0.668. The minimum Gasteiger partial charge on any atom is -0.496 e. The lowest BCUT2D eigenvalue weighted by Gasteiger charge is -2.16. The molecule has 1 nitrogen and oxygen atoms in total. The van der Waals surface area contributed by atoms with Crippen molar-refractivity contribution in [2.75, 3.05) is 7.11 Å². The first-order valence-corrected chi connectivity index (χ1v) is 7.10. The Bertz CT molecular complexity index is 646. The topological polar surface area (TPSA) is 9.23 Å². The zero-order valence-electron chi connectivity index (χ0n) is 10.9. The van der Waals surface area contributed by atoms with E-state index >= 15 is 0 Å². The third kappa shape index (κ3) is 2.96. The minimum atomic E-state index is -0.762. The number of hydrogen-bond donors (Lipinski definition) is 0. The second kappa shape index (κ2) is 6.10. The monoisotopic (exact) mass is 360 g/mol. The minimum absolute atomic E-state index is 0.256. The Hall–Kier alpha value is -1.13. The molecule has 2 aromatic carbocycles. The Morgan fingerprint density at radius 3 is 2.45 bits per heavy atom. The van der Waals surface area contributed by atoms with Crippen molar-refractivity contribution in [1.82, 2.24) is 0 Å². The van der Waals surface area contributed by atoms with Crippen LogP contribution in [0.4, 0.5) is 8.78 Å². The first kappa shape index (κ1) is 15.3. The van der Waals surface area contributed by atoms with Crippen molar-refractivity contribution in [3.8, 4) is 5.75 Å². The number of ether oxygens (including phenoxy) is 1. The van der Waals surface area contributed by atoms with Crippen LogP contribution in [-0.4, -0.2) is 7.11 Å². The summed E-state index contributed by atoms with van der Waals surface area (Å²) in [5, 5.41) is -0.762. The molecule has 0 fully saturated rings. The van der Waals surface area contributed by atoms with Crippen LogP contribution < -0.4 is 4.74 Å². The molecule has 2 rings (SSSR count). The van der Waals surface area contributed by atoms with Crippen molar-refractivity contribution < 1.29 is 13.5 Å². The molecule has 0 bridgehead atoms. The van der Waals surface area contributed by atoms with Gasteiger partial charge in [-0.2, -0.15) is 0 Å². The molecule has 0 spiro atoms. The Kier molecular flexibility index (Phi) is 4.66. The van der Waals surface area contributed by atoms with Gasteiger partial charge in [0.05, 0.1) is 17.0 Å². The molecule has 2 aromatic rings. The molecule has 0 heterocycles. The summed E-state index contributed by atoms with van der Waals surface area (Å²) in [6.07, 6.45) is 0. The fraction of sp³-hybridized carbons (Fsp3) is 0.200. The Labute approximate surface area is 129 Å². The van der Waals surface area contributed by atoms with Gasteiger partial charge in [-0.15, -0.1) is 11.6 Å². The standard InChI is InChI=1S/C15H12BrClF2O/c1-8-3-4-12(18)9(5-8)15(17)10-6-11(16)13(19)7-14(10)20-2/h3-7,15H,1-2H3. The normalized spacial score (nSPS) is 12.3. The Morgan fingerprint density at radius 2 is 1.80 bits per heavy atom. The first-order chi connectivity index (χ1) is 9.43.